The zero-order valence-electron chi connectivity index (χ0n) is 8.43. The Bertz CT molecular complexity index is 249. The van der Waals surface area contributed by atoms with Crippen molar-refractivity contribution in [2.75, 3.05) is 0 Å². The van der Waals surface area contributed by atoms with Crippen LogP contribution in [0.25, 0.3) is 0 Å². The van der Waals surface area contributed by atoms with Gasteiger partial charge in [-0.1, -0.05) is 20.3 Å². The smallest absolute Gasteiger partial charge is 0.307 e. The second kappa shape index (κ2) is 3.98. The molecule has 0 saturated heterocycles. The zero-order chi connectivity index (χ0) is 10.9. The molecule has 0 aromatic rings. The second-order valence-corrected chi connectivity index (χ2v) is 4.11. The molecule has 80 valence electrons. The molecule has 1 aliphatic rings. The van der Waals surface area contributed by atoms with Crippen molar-refractivity contribution in [1.29, 1.82) is 0 Å². The molecule has 0 aliphatic heterocycles. The summed E-state index contributed by atoms with van der Waals surface area (Å²) in [7, 11) is 0. The summed E-state index contributed by atoms with van der Waals surface area (Å²) in [4.78, 5) is 21.9. The van der Waals surface area contributed by atoms with Crippen molar-refractivity contribution in [3.63, 3.8) is 0 Å². The van der Waals surface area contributed by atoms with Crippen molar-refractivity contribution in [3.05, 3.63) is 0 Å². The molecule has 1 aliphatic carbocycles. The van der Waals surface area contributed by atoms with E-state index in [-0.39, 0.29) is 11.8 Å². The van der Waals surface area contributed by atoms with E-state index in [1.54, 1.807) is 0 Å². The number of carboxylic acid groups (broad SMARTS) is 2. The van der Waals surface area contributed by atoms with Gasteiger partial charge in [-0.2, -0.15) is 0 Å². The van der Waals surface area contributed by atoms with E-state index in [0.29, 0.717) is 6.42 Å². The molecule has 4 atom stereocenters. The van der Waals surface area contributed by atoms with E-state index in [1.165, 1.54) is 0 Å². The van der Waals surface area contributed by atoms with Gasteiger partial charge in [0.25, 0.3) is 0 Å². The van der Waals surface area contributed by atoms with E-state index >= 15 is 0 Å². The average Bonchev–Trinajstić information content (AvgIpc) is 2.41. The van der Waals surface area contributed by atoms with E-state index in [0.717, 1.165) is 6.42 Å². The lowest BCUT2D eigenvalue weighted by molar-refractivity contribution is -0.154. The molecule has 0 heterocycles. The van der Waals surface area contributed by atoms with Crippen molar-refractivity contribution in [2.45, 2.75) is 26.7 Å². The average molecular weight is 200 g/mol. The highest BCUT2D eigenvalue weighted by atomic mass is 16.4. The summed E-state index contributed by atoms with van der Waals surface area (Å²) in [6.45, 7) is 3.74. The van der Waals surface area contributed by atoms with Gasteiger partial charge >= 0.3 is 11.9 Å². The molecule has 4 unspecified atom stereocenters. The SMILES string of the molecule is CCC1CC(C)C(C(=O)O)C1C(=O)O. The summed E-state index contributed by atoms with van der Waals surface area (Å²) in [5, 5.41) is 17.9. The largest absolute Gasteiger partial charge is 0.481 e. The summed E-state index contributed by atoms with van der Waals surface area (Å²) < 4.78 is 0. The van der Waals surface area contributed by atoms with Gasteiger partial charge in [0.2, 0.25) is 0 Å². The third-order valence-electron chi connectivity index (χ3n) is 3.28. The highest BCUT2D eigenvalue weighted by molar-refractivity contribution is 5.81. The Balaban J connectivity index is 2.91. The monoisotopic (exact) mass is 200 g/mol. The number of rotatable bonds is 3. The van der Waals surface area contributed by atoms with Gasteiger partial charge in [-0.15, -0.1) is 0 Å². The van der Waals surface area contributed by atoms with Gasteiger partial charge in [0.1, 0.15) is 0 Å². The number of carboxylic acids is 2. The minimum absolute atomic E-state index is 0.0172. The van der Waals surface area contributed by atoms with Gasteiger partial charge in [0.05, 0.1) is 11.8 Å². The van der Waals surface area contributed by atoms with Crippen molar-refractivity contribution in [1.82, 2.24) is 0 Å². The van der Waals surface area contributed by atoms with Gasteiger partial charge in [-0.05, 0) is 18.3 Å². The van der Waals surface area contributed by atoms with Crippen LogP contribution < -0.4 is 0 Å². The molecule has 0 spiro atoms. The zero-order valence-corrected chi connectivity index (χ0v) is 8.43. The molecular weight excluding hydrogens is 184 g/mol. The fraction of sp³-hybridized carbons (Fsp3) is 0.800. The van der Waals surface area contributed by atoms with Crippen LogP contribution >= 0.6 is 0 Å². The molecule has 1 fully saturated rings. The fourth-order valence-electron chi connectivity index (χ4n) is 2.59. The quantitative estimate of drug-likeness (QED) is 0.723. The molecule has 1 saturated carbocycles. The molecule has 2 N–H and O–H groups in total. The van der Waals surface area contributed by atoms with E-state index in [1.807, 2.05) is 13.8 Å². The van der Waals surface area contributed by atoms with Crippen LogP contribution in [-0.2, 0) is 9.59 Å². The predicted molar refractivity (Wildman–Crippen MR) is 49.8 cm³/mol. The second-order valence-electron chi connectivity index (χ2n) is 4.11. The fourth-order valence-corrected chi connectivity index (χ4v) is 2.59. The minimum atomic E-state index is -0.971. The predicted octanol–water partition coefficient (Wildman–Crippen LogP) is 1.45. The molecule has 0 aromatic carbocycles. The van der Waals surface area contributed by atoms with Crippen LogP contribution in [0.15, 0.2) is 0 Å². The Hall–Kier alpha value is -1.06. The Morgan fingerprint density at radius 3 is 2.07 bits per heavy atom. The van der Waals surface area contributed by atoms with Crippen LogP contribution in [0.3, 0.4) is 0 Å². The first-order valence-electron chi connectivity index (χ1n) is 4.94. The molecule has 4 nitrogen and oxygen atoms in total. The molecular formula is C10H16O4. The maximum Gasteiger partial charge on any atom is 0.307 e. The lowest BCUT2D eigenvalue weighted by Gasteiger charge is -2.17. The van der Waals surface area contributed by atoms with Crippen LogP contribution in [0.4, 0.5) is 0 Å². The third-order valence-corrected chi connectivity index (χ3v) is 3.28. The number of carbonyl (C=O) groups is 2. The Kier molecular flexibility index (Phi) is 3.13. The van der Waals surface area contributed by atoms with Crippen LogP contribution in [0.5, 0.6) is 0 Å². The molecule has 14 heavy (non-hydrogen) atoms. The highest BCUT2D eigenvalue weighted by Crippen LogP contribution is 2.43. The van der Waals surface area contributed by atoms with E-state index in [4.69, 9.17) is 10.2 Å². The lowest BCUT2D eigenvalue weighted by atomic mass is 9.86. The van der Waals surface area contributed by atoms with E-state index < -0.39 is 23.8 Å². The van der Waals surface area contributed by atoms with Crippen molar-refractivity contribution in [3.8, 4) is 0 Å². The third kappa shape index (κ3) is 1.74. The number of hydrogen-bond donors (Lipinski definition) is 2. The summed E-state index contributed by atoms with van der Waals surface area (Å²) in [6, 6.07) is 0. The lowest BCUT2D eigenvalue weighted by Crippen LogP contribution is -2.31. The standard InChI is InChI=1S/C10H16O4/c1-3-6-4-5(2)7(9(11)12)8(6)10(13)14/h5-8H,3-4H2,1-2H3,(H,11,12)(H,13,14). The number of aliphatic carboxylic acids is 2. The van der Waals surface area contributed by atoms with E-state index in [2.05, 4.69) is 0 Å². The maximum atomic E-state index is 11.0. The first-order chi connectivity index (χ1) is 6.49. The highest BCUT2D eigenvalue weighted by Gasteiger charge is 2.48. The Morgan fingerprint density at radius 1 is 1.21 bits per heavy atom. The minimum Gasteiger partial charge on any atom is -0.481 e. The topological polar surface area (TPSA) is 74.6 Å². The summed E-state index contributed by atoms with van der Waals surface area (Å²) in [5.74, 6) is -3.36. The van der Waals surface area contributed by atoms with Gasteiger partial charge < -0.3 is 10.2 Å². The van der Waals surface area contributed by atoms with Gasteiger partial charge in [-0.3, -0.25) is 9.59 Å². The van der Waals surface area contributed by atoms with Crippen LogP contribution in [0.2, 0.25) is 0 Å². The summed E-state index contributed by atoms with van der Waals surface area (Å²) in [6.07, 6.45) is 1.45. The van der Waals surface area contributed by atoms with Crippen LogP contribution in [0, 0.1) is 23.7 Å². The Morgan fingerprint density at radius 2 is 1.71 bits per heavy atom. The maximum absolute atomic E-state index is 11.0. The van der Waals surface area contributed by atoms with Gasteiger partial charge in [0.15, 0.2) is 0 Å². The first-order valence-corrected chi connectivity index (χ1v) is 4.94. The molecule has 4 heteroatoms. The summed E-state index contributed by atoms with van der Waals surface area (Å²) >= 11 is 0. The van der Waals surface area contributed by atoms with Gasteiger partial charge in [0, 0.05) is 0 Å². The number of hydrogen-bond acceptors (Lipinski definition) is 2. The first kappa shape index (κ1) is 11.0. The molecule has 0 aromatic heterocycles. The van der Waals surface area contributed by atoms with Gasteiger partial charge in [-0.25, -0.2) is 0 Å². The van der Waals surface area contributed by atoms with Crippen LogP contribution in [0.1, 0.15) is 26.7 Å². The molecule has 0 amide bonds. The van der Waals surface area contributed by atoms with Crippen molar-refractivity contribution >= 4 is 11.9 Å². The normalized spacial score (nSPS) is 37.0. The van der Waals surface area contributed by atoms with Crippen molar-refractivity contribution < 1.29 is 19.8 Å². The molecule has 0 bridgehead atoms. The molecule has 1 rings (SSSR count). The van der Waals surface area contributed by atoms with Crippen molar-refractivity contribution in [2.24, 2.45) is 23.7 Å². The Labute approximate surface area is 82.9 Å². The summed E-state index contributed by atoms with van der Waals surface area (Å²) in [5.41, 5.74) is 0. The van der Waals surface area contributed by atoms with E-state index in [9.17, 15) is 9.59 Å². The van der Waals surface area contributed by atoms with Crippen LogP contribution in [-0.4, -0.2) is 22.2 Å². The molecule has 0 radical (unpaired) electrons.